The van der Waals surface area contributed by atoms with Crippen molar-refractivity contribution >= 4 is 5.78 Å². The predicted molar refractivity (Wildman–Crippen MR) is 89.8 cm³/mol. The molecule has 0 radical (unpaired) electrons. The first kappa shape index (κ1) is 14.7. The van der Waals surface area contributed by atoms with E-state index in [4.69, 9.17) is 0 Å². The Morgan fingerprint density at radius 3 is 1.95 bits per heavy atom. The standard InChI is InChI=1S/C20H18O/c21-20-17-13-9-5-4-7-11-15-18-14-10-6-2-1-3-8-12-16-19(18)20/h1-16H,17H2. The van der Waals surface area contributed by atoms with Gasteiger partial charge in [-0.3, -0.25) is 4.79 Å². The Kier molecular flexibility index (Phi) is 5.96. The van der Waals surface area contributed by atoms with Crippen LogP contribution in [0.4, 0.5) is 0 Å². The molecule has 2 aliphatic rings. The minimum Gasteiger partial charge on any atom is -0.294 e. The van der Waals surface area contributed by atoms with Gasteiger partial charge >= 0.3 is 0 Å². The highest BCUT2D eigenvalue weighted by Crippen LogP contribution is 2.17. The Balaban J connectivity index is 2.47. The summed E-state index contributed by atoms with van der Waals surface area (Å²) in [5, 5.41) is 0. The molecule has 0 atom stereocenters. The summed E-state index contributed by atoms with van der Waals surface area (Å²) >= 11 is 0. The Morgan fingerprint density at radius 2 is 1.19 bits per heavy atom. The fourth-order valence-electron chi connectivity index (χ4n) is 1.93. The normalized spacial score (nSPS) is 18.6. The van der Waals surface area contributed by atoms with Gasteiger partial charge in [-0.05, 0) is 5.57 Å². The number of hydrogen-bond donors (Lipinski definition) is 0. The maximum absolute atomic E-state index is 12.4. The fourth-order valence-corrected chi connectivity index (χ4v) is 1.93. The minimum absolute atomic E-state index is 0.114. The summed E-state index contributed by atoms with van der Waals surface area (Å²) in [5.41, 5.74) is 1.64. The Labute approximate surface area is 126 Å². The van der Waals surface area contributed by atoms with E-state index in [-0.39, 0.29) is 5.78 Å². The average molecular weight is 274 g/mol. The van der Waals surface area contributed by atoms with E-state index in [1.807, 2.05) is 97.2 Å². The van der Waals surface area contributed by atoms with E-state index in [1.165, 1.54) is 0 Å². The molecule has 2 aliphatic carbocycles. The number of carbonyl (C=O) groups is 1. The molecule has 0 bridgehead atoms. The highest BCUT2D eigenvalue weighted by Gasteiger charge is 2.10. The van der Waals surface area contributed by atoms with E-state index >= 15 is 0 Å². The van der Waals surface area contributed by atoms with E-state index in [0.717, 1.165) is 11.1 Å². The van der Waals surface area contributed by atoms with Crippen LogP contribution in [0.3, 0.4) is 0 Å². The molecule has 0 fully saturated rings. The molecule has 21 heavy (non-hydrogen) atoms. The van der Waals surface area contributed by atoms with Crippen LogP contribution in [-0.4, -0.2) is 5.78 Å². The van der Waals surface area contributed by atoms with Gasteiger partial charge in [-0.15, -0.1) is 0 Å². The summed E-state index contributed by atoms with van der Waals surface area (Å²) in [5.74, 6) is 0.114. The average Bonchev–Trinajstić information content (AvgIpc) is 2.56. The van der Waals surface area contributed by atoms with Crippen LogP contribution in [0.1, 0.15) is 6.42 Å². The van der Waals surface area contributed by atoms with Crippen LogP contribution in [0.5, 0.6) is 0 Å². The van der Waals surface area contributed by atoms with Crippen molar-refractivity contribution in [3.05, 3.63) is 108 Å². The van der Waals surface area contributed by atoms with E-state index < -0.39 is 0 Å². The smallest absolute Gasteiger partial charge is 0.167 e. The van der Waals surface area contributed by atoms with Gasteiger partial charge in [0.1, 0.15) is 0 Å². The topological polar surface area (TPSA) is 17.1 Å². The van der Waals surface area contributed by atoms with Gasteiger partial charge in [0.25, 0.3) is 0 Å². The molecule has 0 aliphatic heterocycles. The highest BCUT2D eigenvalue weighted by molar-refractivity contribution is 6.01. The van der Waals surface area contributed by atoms with E-state index in [9.17, 15) is 4.79 Å². The third-order valence-electron chi connectivity index (χ3n) is 2.98. The van der Waals surface area contributed by atoms with Crippen molar-refractivity contribution < 1.29 is 4.79 Å². The zero-order valence-corrected chi connectivity index (χ0v) is 11.9. The van der Waals surface area contributed by atoms with Gasteiger partial charge in [0.05, 0.1) is 0 Å². The third kappa shape index (κ3) is 5.07. The number of ketones is 1. The molecule has 104 valence electrons. The van der Waals surface area contributed by atoms with Crippen molar-refractivity contribution in [2.24, 2.45) is 0 Å². The molecule has 0 spiro atoms. The lowest BCUT2D eigenvalue weighted by atomic mass is 9.98. The van der Waals surface area contributed by atoms with Crippen molar-refractivity contribution in [1.82, 2.24) is 0 Å². The number of carbonyl (C=O) groups excluding carboxylic acids is 1. The number of hydrogen-bond acceptors (Lipinski definition) is 1. The van der Waals surface area contributed by atoms with Gasteiger partial charge < -0.3 is 0 Å². The van der Waals surface area contributed by atoms with E-state index in [1.54, 1.807) is 0 Å². The zero-order valence-electron chi connectivity index (χ0n) is 11.9. The molecular formula is C20H18O. The van der Waals surface area contributed by atoms with E-state index in [2.05, 4.69) is 0 Å². The van der Waals surface area contributed by atoms with Crippen LogP contribution in [0.25, 0.3) is 0 Å². The second kappa shape index (κ2) is 8.49. The Bertz CT molecular complexity index is 641. The molecule has 0 saturated heterocycles. The molecule has 2 rings (SSSR count). The first-order chi connectivity index (χ1) is 10.4. The minimum atomic E-state index is 0.114. The summed E-state index contributed by atoms with van der Waals surface area (Å²) in [6.45, 7) is 0. The molecule has 0 amide bonds. The van der Waals surface area contributed by atoms with Gasteiger partial charge in [-0.25, -0.2) is 0 Å². The van der Waals surface area contributed by atoms with Crippen molar-refractivity contribution in [1.29, 1.82) is 0 Å². The Morgan fingerprint density at radius 1 is 0.619 bits per heavy atom. The van der Waals surface area contributed by atoms with E-state index in [0.29, 0.717) is 6.42 Å². The van der Waals surface area contributed by atoms with Crippen LogP contribution < -0.4 is 0 Å². The third-order valence-corrected chi connectivity index (χ3v) is 2.98. The maximum Gasteiger partial charge on any atom is 0.167 e. The predicted octanol–water partition coefficient (Wildman–Crippen LogP) is 4.72. The SMILES string of the molecule is O=C1CC=CC=CC=CC=C2C=CC=CC=CC=CC=C12. The lowest BCUT2D eigenvalue weighted by Gasteiger charge is -2.05. The lowest BCUT2D eigenvalue weighted by Crippen LogP contribution is -2.03. The highest BCUT2D eigenvalue weighted by atomic mass is 16.1. The summed E-state index contributed by atoms with van der Waals surface area (Å²) in [6, 6.07) is 0. The van der Waals surface area contributed by atoms with Crippen molar-refractivity contribution in [3.8, 4) is 0 Å². The first-order valence-electron chi connectivity index (χ1n) is 7.00. The number of fused-ring (bicyclic) bond motifs is 1. The molecule has 0 N–H and O–H groups in total. The fraction of sp³-hybridized carbons (Fsp3) is 0.0500. The quantitative estimate of drug-likeness (QED) is 0.624. The summed E-state index contributed by atoms with van der Waals surface area (Å²) in [4.78, 5) is 12.4. The second-order valence-corrected chi connectivity index (χ2v) is 4.54. The van der Waals surface area contributed by atoms with Gasteiger partial charge in [0.15, 0.2) is 5.78 Å². The molecule has 1 nitrogen and oxygen atoms in total. The molecule has 0 saturated carbocycles. The van der Waals surface area contributed by atoms with Crippen LogP contribution >= 0.6 is 0 Å². The summed E-state index contributed by atoms with van der Waals surface area (Å²) < 4.78 is 0. The van der Waals surface area contributed by atoms with Crippen LogP contribution in [0, 0.1) is 0 Å². The summed E-state index contributed by atoms with van der Waals surface area (Å²) in [6.07, 6.45) is 31.3. The molecule has 0 aromatic rings. The van der Waals surface area contributed by atoms with Crippen molar-refractivity contribution in [2.45, 2.75) is 6.42 Å². The lowest BCUT2D eigenvalue weighted by molar-refractivity contribution is -0.114. The number of allylic oxidation sites excluding steroid dienone is 18. The largest absolute Gasteiger partial charge is 0.294 e. The molecular weight excluding hydrogens is 256 g/mol. The Hall–Kier alpha value is -2.67. The number of rotatable bonds is 0. The van der Waals surface area contributed by atoms with Crippen LogP contribution in [0.2, 0.25) is 0 Å². The molecule has 0 aromatic carbocycles. The second-order valence-electron chi connectivity index (χ2n) is 4.54. The molecule has 1 heteroatoms. The van der Waals surface area contributed by atoms with Gasteiger partial charge in [-0.2, -0.15) is 0 Å². The van der Waals surface area contributed by atoms with Crippen molar-refractivity contribution in [3.63, 3.8) is 0 Å². The first-order valence-corrected chi connectivity index (χ1v) is 7.00. The molecule has 0 aromatic heterocycles. The summed E-state index contributed by atoms with van der Waals surface area (Å²) in [7, 11) is 0. The zero-order chi connectivity index (χ0) is 14.8. The number of Topliss-reactive ketones (excluding diaryl/α,β-unsaturated/α-hetero) is 1. The maximum atomic E-state index is 12.4. The van der Waals surface area contributed by atoms with Crippen molar-refractivity contribution in [2.75, 3.05) is 0 Å². The van der Waals surface area contributed by atoms with Gasteiger partial charge in [0.2, 0.25) is 0 Å². The van der Waals surface area contributed by atoms with Crippen LogP contribution in [-0.2, 0) is 4.79 Å². The molecule has 0 unspecified atom stereocenters. The van der Waals surface area contributed by atoms with Crippen LogP contribution in [0.15, 0.2) is 108 Å². The van der Waals surface area contributed by atoms with Gasteiger partial charge in [0, 0.05) is 12.0 Å². The monoisotopic (exact) mass is 274 g/mol. The molecule has 0 heterocycles. The van der Waals surface area contributed by atoms with Gasteiger partial charge in [-0.1, -0.05) is 97.2 Å².